The minimum absolute atomic E-state index is 0.204. The van der Waals surface area contributed by atoms with Crippen molar-refractivity contribution in [3.05, 3.63) is 30.1 Å². The van der Waals surface area contributed by atoms with Crippen LogP contribution in [0.25, 0.3) is 0 Å². The summed E-state index contributed by atoms with van der Waals surface area (Å²) in [6.07, 6.45) is 3.48. The first-order valence-corrected chi connectivity index (χ1v) is 6.34. The number of carbonyl (C=O) groups excluding carboxylic acids is 2. The van der Waals surface area contributed by atoms with E-state index < -0.39 is 12.0 Å². The maximum Gasteiger partial charge on any atom is 0.328 e. The van der Waals surface area contributed by atoms with Crippen LogP contribution in [0.3, 0.4) is 0 Å². The minimum Gasteiger partial charge on any atom is -0.464 e. The van der Waals surface area contributed by atoms with Gasteiger partial charge in [0.25, 0.3) is 0 Å². The van der Waals surface area contributed by atoms with Crippen molar-refractivity contribution in [2.45, 2.75) is 33.2 Å². The Hall–Kier alpha value is -1.91. The molecule has 5 heteroatoms. The Labute approximate surface area is 113 Å². The molecule has 1 aromatic heterocycles. The summed E-state index contributed by atoms with van der Waals surface area (Å²) in [6, 6.07) is 2.94. The quantitative estimate of drug-likeness (QED) is 0.787. The summed E-state index contributed by atoms with van der Waals surface area (Å²) in [5.74, 6) is -0.350. The lowest BCUT2D eigenvalue weighted by Crippen LogP contribution is -2.40. The van der Waals surface area contributed by atoms with Crippen LogP contribution in [-0.4, -0.2) is 29.5 Å². The van der Waals surface area contributed by atoms with Gasteiger partial charge in [-0.05, 0) is 24.5 Å². The number of pyridine rings is 1. The molecule has 0 spiro atoms. The highest BCUT2D eigenvalue weighted by molar-refractivity contribution is 5.85. The van der Waals surface area contributed by atoms with Crippen molar-refractivity contribution in [2.75, 3.05) is 6.61 Å². The van der Waals surface area contributed by atoms with Crippen molar-refractivity contribution in [3.63, 3.8) is 0 Å². The largest absolute Gasteiger partial charge is 0.464 e. The zero-order chi connectivity index (χ0) is 14.3. The van der Waals surface area contributed by atoms with Crippen LogP contribution in [0.1, 0.15) is 26.3 Å². The van der Waals surface area contributed by atoms with Crippen molar-refractivity contribution >= 4 is 11.9 Å². The Balaban J connectivity index is 2.37. The molecule has 0 aliphatic heterocycles. The van der Waals surface area contributed by atoms with E-state index in [1.54, 1.807) is 25.4 Å². The fraction of sp³-hybridized carbons (Fsp3) is 0.500. The first-order chi connectivity index (χ1) is 8.99. The van der Waals surface area contributed by atoms with Crippen LogP contribution in [0.2, 0.25) is 0 Å². The summed E-state index contributed by atoms with van der Waals surface area (Å²) in [4.78, 5) is 27.2. The molecule has 19 heavy (non-hydrogen) atoms. The molecule has 0 aliphatic rings. The molecule has 0 saturated heterocycles. The van der Waals surface area contributed by atoms with E-state index in [4.69, 9.17) is 4.74 Å². The van der Waals surface area contributed by atoms with Crippen LogP contribution in [0, 0.1) is 5.92 Å². The van der Waals surface area contributed by atoms with Gasteiger partial charge in [-0.15, -0.1) is 0 Å². The second-order valence-corrected chi connectivity index (χ2v) is 4.85. The standard InChI is InChI=1S/C14H20N2O3/c1-10(2)9-19-14(18)11(3)16-13(17)7-12-5-4-6-15-8-12/h4-6,8,10-11H,7,9H2,1-3H3,(H,16,17)/t11-/m0/s1. The van der Waals surface area contributed by atoms with E-state index >= 15 is 0 Å². The molecule has 1 N–H and O–H groups in total. The van der Waals surface area contributed by atoms with Crippen LogP contribution in [0.5, 0.6) is 0 Å². The molecule has 0 fully saturated rings. The van der Waals surface area contributed by atoms with E-state index in [2.05, 4.69) is 10.3 Å². The van der Waals surface area contributed by atoms with Gasteiger partial charge in [0.15, 0.2) is 0 Å². The monoisotopic (exact) mass is 264 g/mol. The molecule has 1 rings (SSSR count). The van der Waals surface area contributed by atoms with Crippen molar-refractivity contribution in [1.82, 2.24) is 10.3 Å². The summed E-state index contributed by atoms with van der Waals surface area (Å²) in [5, 5.41) is 2.61. The lowest BCUT2D eigenvalue weighted by Gasteiger charge is -2.14. The van der Waals surface area contributed by atoms with Crippen LogP contribution in [-0.2, 0) is 20.7 Å². The second-order valence-electron chi connectivity index (χ2n) is 4.85. The van der Waals surface area contributed by atoms with Gasteiger partial charge in [-0.2, -0.15) is 0 Å². The van der Waals surface area contributed by atoms with Gasteiger partial charge in [-0.25, -0.2) is 4.79 Å². The first-order valence-electron chi connectivity index (χ1n) is 6.34. The van der Waals surface area contributed by atoms with Crippen LogP contribution < -0.4 is 5.32 Å². The molecule has 0 unspecified atom stereocenters. The Bertz CT molecular complexity index is 418. The van der Waals surface area contributed by atoms with E-state index in [-0.39, 0.29) is 18.2 Å². The summed E-state index contributed by atoms with van der Waals surface area (Å²) >= 11 is 0. The highest BCUT2D eigenvalue weighted by Crippen LogP contribution is 1.99. The predicted octanol–water partition coefficient (Wildman–Crippen LogP) is 1.33. The van der Waals surface area contributed by atoms with E-state index in [1.807, 2.05) is 19.9 Å². The summed E-state index contributed by atoms with van der Waals surface area (Å²) in [7, 11) is 0. The number of carbonyl (C=O) groups is 2. The van der Waals surface area contributed by atoms with Crippen molar-refractivity contribution in [1.29, 1.82) is 0 Å². The van der Waals surface area contributed by atoms with Crippen molar-refractivity contribution in [3.8, 4) is 0 Å². The minimum atomic E-state index is -0.636. The SMILES string of the molecule is CC(C)COC(=O)[C@H](C)NC(=O)Cc1cccnc1. The molecule has 1 aromatic rings. The number of nitrogens with zero attached hydrogens (tertiary/aromatic N) is 1. The number of esters is 1. The van der Waals surface area contributed by atoms with Crippen LogP contribution >= 0.6 is 0 Å². The van der Waals surface area contributed by atoms with Crippen molar-refractivity contribution < 1.29 is 14.3 Å². The maximum absolute atomic E-state index is 11.7. The van der Waals surface area contributed by atoms with Gasteiger partial charge in [0.2, 0.25) is 5.91 Å². The zero-order valence-electron chi connectivity index (χ0n) is 11.6. The van der Waals surface area contributed by atoms with Gasteiger partial charge in [-0.3, -0.25) is 9.78 Å². The molecular weight excluding hydrogens is 244 g/mol. The Morgan fingerprint density at radius 3 is 2.68 bits per heavy atom. The Morgan fingerprint density at radius 2 is 2.11 bits per heavy atom. The van der Waals surface area contributed by atoms with Gasteiger partial charge in [0.05, 0.1) is 13.0 Å². The fourth-order valence-electron chi connectivity index (χ4n) is 1.41. The van der Waals surface area contributed by atoms with Gasteiger partial charge < -0.3 is 10.1 Å². The number of hydrogen-bond acceptors (Lipinski definition) is 4. The third kappa shape index (κ3) is 5.99. The van der Waals surface area contributed by atoms with Gasteiger partial charge in [0, 0.05) is 12.4 Å². The number of nitrogens with one attached hydrogen (secondary N) is 1. The molecule has 0 radical (unpaired) electrons. The maximum atomic E-state index is 11.7. The predicted molar refractivity (Wildman–Crippen MR) is 71.3 cm³/mol. The van der Waals surface area contributed by atoms with Gasteiger partial charge >= 0.3 is 5.97 Å². The average Bonchev–Trinajstić information content (AvgIpc) is 2.36. The molecule has 1 amide bonds. The number of rotatable bonds is 6. The average molecular weight is 264 g/mol. The Morgan fingerprint density at radius 1 is 1.37 bits per heavy atom. The Kier molecular flexibility index (Phi) is 5.99. The first kappa shape index (κ1) is 15.1. The van der Waals surface area contributed by atoms with Crippen molar-refractivity contribution in [2.24, 2.45) is 5.92 Å². The molecule has 0 saturated carbocycles. The molecular formula is C14H20N2O3. The summed E-state index contributed by atoms with van der Waals surface area (Å²) < 4.78 is 5.05. The smallest absolute Gasteiger partial charge is 0.328 e. The number of aromatic nitrogens is 1. The molecule has 0 aromatic carbocycles. The number of amides is 1. The number of ether oxygens (including phenoxy) is 1. The molecule has 0 aliphatic carbocycles. The zero-order valence-corrected chi connectivity index (χ0v) is 11.6. The van der Waals surface area contributed by atoms with Gasteiger partial charge in [-0.1, -0.05) is 19.9 Å². The highest BCUT2D eigenvalue weighted by atomic mass is 16.5. The molecule has 104 valence electrons. The third-order valence-electron chi connectivity index (χ3n) is 2.38. The van der Waals surface area contributed by atoms with Crippen LogP contribution in [0.4, 0.5) is 0 Å². The van der Waals surface area contributed by atoms with E-state index in [1.165, 1.54) is 0 Å². The molecule has 0 bridgehead atoms. The van der Waals surface area contributed by atoms with Gasteiger partial charge in [0.1, 0.15) is 6.04 Å². The lowest BCUT2D eigenvalue weighted by molar-refractivity contribution is -0.148. The fourth-order valence-corrected chi connectivity index (χ4v) is 1.41. The topological polar surface area (TPSA) is 68.3 Å². The molecule has 1 heterocycles. The normalized spacial score (nSPS) is 12.0. The second kappa shape index (κ2) is 7.51. The number of hydrogen-bond donors (Lipinski definition) is 1. The van der Waals surface area contributed by atoms with E-state index in [9.17, 15) is 9.59 Å². The molecule has 5 nitrogen and oxygen atoms in total. The third-order valence-corrected chi connectivity index (χ3v) is 2.38. The van der Waals surface area contributed by atoms with E-state index in [0.29, 0.717) is 6.61 Å². The van der Waals surface area contributed by atoms with Crippen LogP contribution in [0.15, 0.2) is 24.5 Å². The molecule has 1 atom stereocenters. The lowest BCUT2D eigenvalue weighted by atomic mass is 10.2. The highest BCUT2D eigenvalue weighted by Gasteiger charge is 2.17. The van der Waals surface area contributed by atoms with E-state index in [0.717, 1.165) is 5.56 Å². The summed E-state index contributed by atoms with van der Waals surface area (Å²) in [5.41, 5.74) is 0.808. The summed E-state index contributed by atoms with van der Waals surface area (Å²) in [6.45, 7) is 5.89.